The molecule has 1 aliphatic rings. The van der Waals surface area contributed by atoms with E-state index in [1.165, 1.54) is 12.3 Å². The third-order valence-electron chi connectivity index (χ3n) is 8.14. The highest BCUT2D eigenvalue weighted by atomic mass is 19.4. The van der Waals surface area contributed by atoms with Crippen molar-refractivity contribution in [3.8, 4) is 18.2 Å². The van der Waals surface area contributed by atoms with Crippen molar-refractivity contribution >= 4 is 22.3 Å². The van der Waals surface area contributed by atoms with Crippen LogP contribution < -0.4 is 10.6 Å². The molecular weight excluding hydrogens is 555 g/mol. The van der Waals surface area contributed by atoms with Crippen LogP contribution in [0.4, 0.5) is 24.5 Å². The van der Waals surface area contributed by atoms with Crippen molar-refractivity contribution in [1.82, 2.24) is 20.0 Å². The Kier molecular flexibility index (Phi) is 7.23. The minimum absolute atomic E-state index is 0.0428. The second-order valence-corrected chi connectivity index (χ2v) is 11.7. The Morgan fingerprint density at radius 2 is 1.79 bits per heavy atom. The lowest BCUT2D eigenvalue weighted by Gasteiger charge is -2.29. The Morgan fingerprint density at radius 3 is 2.42 bits per heavy atom. The topological polar surface area (TPSA) is 139 Å². The van der Waals surface area contributed by atoms with Crippen molar-refractivity contribution in [3.63, 3.8) is 0 Å². The molecule has 4 aromatic rings. The van der Waals surface area contributed by atoms with E-state index in [1.54, 1.807) is 18.2 Å². The highest BCUT2D eigenvalue weighted by Gasteiger charge is 2.47. The van der Waals surface area contributed by atoms with Crippen LogP contribution in [-0.2, 0) is 5.54 Å². The van der Waals surface area contributed by atoms with Gasteiger partial charge >= 0.3 is 6.18 Å². The number of anilines is 2. The monoisotopic (exact) mass is 583 g/mol. The average Bonchev–Trinajstić information content (AvgIpc) is 3.52. The van der Waals surface area contributed by atoms with E-state index in [9.17, 15) is 29.0 Å². The first kappa shape index (κ1) is 29.3. The van der Waals surface area contributed by atoms with Crippen LogP contribution in [0, 0.1) is 46.3 Å². The zero-order valence-corrected chi connectivity index (χ0v) is 24.0. The number of fused-ring (bicyclic) bond motifs is 1. The van der Waals surface area contributed by atoms with Crippen molar-refractivity contribution in [2.45, 2.75) is 58.3 Å². The van der Waals surface area contributed by atoms with E-state index in [0.29, 0.717) is 27.8 Å². The van der Waals surface area contributed by atoms with Gasteiger partial charge < -0.3 is 10.6 Å². The minimum Gasteiger partial charge on any atom is -0.382 e. The number of benzene rings is 2. The SMILES string of the molecule is Cc1c(C#N)cccc1[C@H](Nc1cc(C#N)cc2c(NCC(C)(C)C(F)(F)F)c(C#N)cnc12)c1cn(C2(C)CC2)nn1. The fourth-order valence-corrected chi connectivity index (χ4v) is 4.80. The van der Waals surface area contributed by atoms with Gasteiger partial charge in [0.15, 0.2) is 0 Å². The molecule has 0 bridgehead atoms. The smallest absolute Gasteiger partial charge is 0.382 e. The number of pyridine rings is 1. The van der Waals surface area contributed by atoms with Crippen LogP contribution in [-0.4, -0.2) is 32.7 Å². The van der Waals surface area contributed by atoms with Gasteiger partial charge in [-0.2, -0.15) is 29.0 Å². The van der Waals surface area contributed by atoms with Gasteiger partial charge in [-0.3, -0.25) is 4.98 Å². The maximum absolute atomic E-state index is 13.6. The number of aromatic nitrogens is 4. The number of nitrogens with zero attached hydrogens (tertiary/aromatic N) is 7. The molecule has 218 valence electrons. The number of rotatable bonds is 8. The number of nitrogens with one attached hydrogen (secondary N) is 2. The number of halogens is 3. The van der Waals surface area contributed by atoms with Gasteiger partial charge in [-0.25, -0.2) is 4.68 Å². The molecule has 2 aromatic heterocycles. The molecule has 0 unspecified atom stereocenters. The van der Waals surface area contributed by atoms with Crippen molar-refractivity contribution < 1.29 is 13.2 Å². The molecule has 1 aliphatic carbocycles. The van der Waals surface area contributed by atoms with Crippen LogP contribution in [0.1, 0.15) is 73.2 Å². The highest BCUT2D eigenvalue weighted by Crippen LogP contribution is 2.43. The molecule has 43 heavy (non-hydrogen) atoms. The van der Waals surface area contributed by atoms with Crippen LogP contribution in [0.25, 0.3) is 10.9 Å². The standard InChI is InChI=1S/C31H28F3N9/c1-18-20(13-36)6-5-7-22(18)28(25-16-43(42-41-25)30(4)8-9-30)40-24-11-19(12-35)10-23-26(21(14-37)15-38-27(23)24)39-17-29(2,3)31(32,33)34/h5-7,10-11,15-16,28,40H,8-9,17H2,1-4H3,(H,38,39)/t28-/m0/s1. The van der Waals surface area contributed by atoms with Crippen molar-refractivity contribution in [2.24, 2.45) is 5.41 Å². The van der Waals surface area contributed by atoms with Gasteiger partial charge in [0.2, 0.25) is 0 Å². The summed E-state index contributed by atoms with van der Waals surface area (Å²) in [5.74, 6) is 0. The third-order valence-corrected chi connectivity index (χ3v) is 8.14. The second kappa shape index (κ2) is 10.6. The van der Waals surface area contributed by atoms with Crippen LogP contribution >= 0.6 is 0 Å². The molecule has 1 atom stereocenters. The first-order valence-corrected chi connectivity index (χ1v) is 13.6. The van der Waals surface area contributed by atoms with Gasteiger partial charge in [0, 0.05) is 18.1 Å². The molecule has 2 heterocycles. The van der Waals surface area contributed by atoms with Crippen molar-refractivity contribution in [1.29, 1.82) is 15.8 Å². The summed E-state index contributed by atoms with van der Waals surface area (Å²) in [6, 6.07) is 14.1. The largest absolute Gasteiger partial charge is 0.395 e. The molecule has 2 N–H and O–H groups in total. The van der Waals surface area contributed by atoms with Gasteiger partial charge in [-0.05, 0) is 69.9 Å². The molecule has 1 fully saturated rings. The summed E-state index contributed by atoms with van der Waals surface area (Å²) in [5.41, 5.74) is 1.46. The van der Waals surface area contributed by atoms with Gasteiger partial charge in [0.05, 0.1) is 68.9 Å². The number of alkyl halides is 3. The van der Waals surface area contributed by atoms with Crippen molar-refractivity contribution in [3.05, 3.63) is 76.2 Å². The van der Waals surface area contributed by atoms with E-state index in [2.05, 4.69) is 45.0 Å². The number of nitriles is 3. The van der Waals surface area contributed by atoms with E-state index >= 15 is 0 Å². The normalized spacial score (nSPS) is 14.8. The summed E-state index contributed by atoms with van der Waals surface area (Å²) in [5, 5.41) is 44.8. The second-order valence-electron chi connectivity index (χ2n) is 11.7. The molecule has 9 nitrogen and oxygen atoms in total. The Labute approximate surface area is 246 Å². The molecule has 0 aliphatic heterocycles. The molecular formula is C31H28F3N9. The fourth-order valence-electron chi connectivity index (χ4n) is 4.80. The first-order chi connectivity index (χ1) is 20.3. The van der Waals surface area contributed by atoms with Crippen LogP contribution in [0.5, 0.6) is 0 Å². The third kappa shape index (κ3) is 5.42. The lowest BCUT2D eigenvalue weighted by Crippen LogP contribution is -2.38. The van der Waals surface area contributed by atoms with Crippen LogP contribution in [0.15, 0.2) is 42.7 Å². The van der Waals surface area contributed by atoms with Gasteiger partial charge in [0.25, 0.3) is 0 Å². The van der Waals surface area contributed by atoms with E-state index < -0.39 is 24.2 Å². The Hall–Kier alpha value is -5.15. The van der Waals surface area contributed by atoms with Crippen molar-refractivity contribution in [2.75, 3.05) is 17.2 Å². The van der Waals surface area contributed by atoms with Crippen LogP contribution in [0.2, 0.25) is 0 Å². The Morgan fingerprint density at radius 1 is 1.07 bits per heavy atom. The lowest BCUT2D eigenvalue weighted by molar-refractivity contribution is -0.206. The molecule has 12 heteroatoms. The number of hydrogen-bond acceptors (Lipinski definition) is 8. The zero-order valence-electron chi connectivity index (χ0n) is 24.0. The molecule has 2 aromatic carbocycles. The summed E-state index contributed by atoms with van der Waals surface area (Å²) < 4.78 is 42.8. The predicted molar refractivity (Wildman–Crippen MR) is 154 cm³/mol. The first-order valence-electron chi connectivity index (χ1n) is 13.6. The lowest BCUT2D eigenvalue weighted by atomic mass is 9.92. The highest BCUT2D eigenvalue weighted by molar-refractivity contribution is 6.01. The van der Waals surface area contributed by atoms with Gasteiger partial charge in [-0.1, -0.05) is 17.3 Å². The van der Waals surface area contributed by atoms with Gasteiger partial charge in [-0.15, -0.1) is 5.10 Å². The maximum Gasteiger partial charge on any atom is 0.395 e. The molecule has 0 spiro atoms. The minimum atomic E-state index is -4.49. The number of hydrogen-bond donors (Lipinski definition) is 2. The molecule has 0 saturated heterocycles. The zero-order chi connectivity index (χ0) is 31.2. The summed E-state index contributed by atoms with van der Waals surface area (Å²) in [4.78, 5) is 4.48. The molecule has 5 rings (SSSR count). The maximum atomic E-state index is 13.6. The van der Waals surface area contributed by atoms with E-state index in [-0.39, 0.29) is 22.4 Å². The van der Waals surface area contributed by atoms with E-state index in [4.69, 9.17) is 0 Å². The fraction of sp³-hybridized carbons (Fsp3) is 0.355. The van der Waals surface area contributed by atoms with E-state index in [0.717, 1.165) is 37.8 Å². The quantitative estimate of drug-likeness (QED) is 0.241. The summed E-state index contributed by atoms with van der Waals surface area (Å²) in [6.07, 6.45) is 0.601. The summed E-state index contributed by atoms with van der Waals surface area (Å²) >= 11 is 0. The molecule has 0 amide bonds. The molecule has 0 radical (unpaired) electrons. The van der Waals surface area contributed by atoms with Crippen LogP contribution in [0.3, 0.4) is 0 Å². The molecule has 1 saturated carbocycles. The predicted octanol–water partition coefficient (Wildman–Crippen LogP) is 6.46. The summed E-state index contributed by atoms with van der Waals surface area (Å²) in [7, 11) is 0. The Bertz CT molecular complexity index is 1850. The summed E-state index contributed by atoms with van der Waals surface area (Å²) in [6.45, 7) is 5.56. The van der Waals surface area contributed by atoms with E-state index in [1.807, 2.05) is 29.9 Å². The Balaban J connectivity index is 1.66. The van der Waals surface area contributed by atoms with Gasteiger partial charge in [0.1, 0.15) is 11.8 Å². The average molecular weight is 584 g/mol.